The van der Waals surface area contributed by atoms with Crippen LogP contribution in [0.4, 0.5) is 5.69 Å². The second kappa shape index (κ2) is 6.64. The van der Waals surface area contributed by atoms with Gasteiger partial charge in [-0.2, -0.15) is 0 Å². The highest BCUT2D eigenvalue weighted by molar-refractivity contribution is 5.98. The average Bonchev–Trinajstić information content (AvgIpc) is 2.91. The number of anilines is 1. The summed E-state index contributed by atoms with van der Waals surface area (Å²) in [4.78, 5) is 19.3. The maximum Gasteiger partial charge on any atom is 0.258 e. The molecule has 0 saturated carbocycles. The van der Waals surface area contributed by atoms with E-state index in [4.69, 9.17) is 0 Å². The molecule has 0 radical (unpaired) electrons. The summed E-state index contributed by atoms with van der Waals surface area (Å²) in [5.74, 6) is 0.0132. The summed E-state index contributed by atoms with van der Waals surface area (Å²) >= 11 is 0. The van der Waals surface area contributed by atoms with E-state index in [1.807, 2.05) is 47.4 Å². The number of fused-ring (bicyclic) bond motifs is 1. The van der Waals surface area contributed by atoms with Crippen LogP contribution in [0.3, 0.4) is 0 Å². The first-order valence-electron chi connectivity index (χ1n) is 8.77. The number of amides is 1. The second-order valence-corrected chi connectivity index (χ2v) is 6.72. The number of aryl methyl sites for hydroxylation is 2. The van der Waals surface area contributed by atoms with Crippen LogP contribution in [0, 0.1) is 13.8 Å². The van der Waals surface area contributed by atoms with Crippen LogP contribution in [0.2, 0.25) is 0 Å². The van der Waals surface area contributed by atoms with E-state index in [2.05, 4.69) is 42.3 Å². The number of aromatic nitrogens is 1. The first-order valence-corrected chi connectivity index (χ1v) is 8.77. The Labute approximate surface area is 153 Å². The van der Waals surface area contributed by atoms with Crippen LogP contribution in [0.25, 0.3) is 0 Å². The molecule has 1 unspecified atom stereocenters. The molecule has 0 aliphatic carbocycles. The van der Waals surface area contributed by atoms with Crippen molar-refractivity contribution >= 4 is 11.6 Å². The lowest BCUT2D eigenvalue weighted by molar-refractivity contribution is 0.0727. The molecule has 1 aliphatic heterocycles. The number of benzene rings is 2. The van der Waals surface area contributed by atoms with Gasteiger partial charge >= 0.3 is 0 Å². The van der Waals surface area contributed by atoms with E-state index in [-0.39, 0.29) is 12.1 Å². The highest BCUT2D eigenvalue weighted by atomic mass is 16.2. The lowest BCUT2D eigenvalue weighted by Gasteiger charge is -2.27. The Morgan fingerprint density at radius 2 is 1.85 bits per heavy atom. The van der Waals surface area contributed by atoms with E-state index < -0.39 is 0 Å². The van der Waals surface area contributed by atoms with Crippen LogP contribution in [-0.2, 0) is 6.54 Å². The zero-order valence-electron chi connectivity index (χ0n) is 14.9. The van der Waals surface area contributed by atoms with E-state index in [0.29, 0.717) is 12.1 Å². The van der Waals surface area contributed by atoms with Crippen molar-refractivity contribution < 1.29 is 4.79 Å². The van der Waals surface area contributed by atoms with Gasteiger partial charge in [-0.25, -0.2) is 0 Å². The molecular weight excluding hydrogens is 322 g/mol. The largest absolute Gasteiger partial charge is 0.360 e. The molecule has 0 fully saturated rings. The Balaban J connectivity index is 1.71. The van der Waals surface area contributed by atoms with E-state index in [1.54, 1.807) is 6.20 Å². The predicted octanol–water partition coefficient (Wildman–Crippen LogP) is 4.47. The van der Waals surface area contributed by atoms with E-state index in [9.17, 15) is 4.79 Å². The molecule has 2 heterocycles. The van der Waals surface area contributed by atoms with Crippen molar-refractivity contribution in [1.82, 2.24) is 9.88 Å². The molecule has 1 aliphatic rings. The lowest BCUT2D eigenvalue weighted by atomic mass is 10.1. The Bertz CT molecular complexity index is 953. The fourth-order valence-corrected chi connectivity index (χ4v) is 3.45. The summed E-state index contributed by atoms with van der Waals surface area (Å²) in [7, 11) is 0. The van der Waals surface area contributed by atoms with Gasteiger partial charge in [-0.3, -0.25) is 9.78 Å². The maximum atomic E-state index is 13.0. The fraction of sp³-hybridized carbons (Fsp3) is 0.182. The standard InChI is InChI=1S/C22H21N3O/c1-15-10-11-19(16(2)13-15)24-21-20-18(9-6-12-23-20)22(26)25(21)14-17-7-4-3-5-8-17/h3-13,21,24H,14H2,1-2H3. The molecule has 26 heavy (non-hydrogen) atoms. The number of hydrogen-bond donors (Lipinski definition) is 1. The quantitative estimate of drug-likeness (QED) is 0.760. The smallest absolute Gasteiger partial charge is 0.258 e. The van der Waals surface area contributed by atoms with Gasteiger partial charge in [0.05, 0.1) is 11.3 Å². The summed E-state index contributed by atoms with van der Waals surface area (Å²) in [6.45, 7) is 4.69. The minimum Gasteiger partial charge on any atom is -0.360 e. The van der Waals surface area contributed by atoms with Crippen LogP contribution in [0.15, 0.2) is 66.9 Å². The highest BCUT2D eigenvalue weighted by Gasteiger charge is 2.37. The maximum absolute atomic E-state index is 13.0. The first kappa shape index (κ1) is 16.3. The van der Waals surface area contributed by atoms with E-state index in [0.717, 1.165) is 22.5 Å². The summed E-state index contributed by atoms with van der Waals surface area (Å²) in [6.07, 6.45) is 1.47. The number of nitrogens with zero attached hydrogens (tertiary/aromatic N) is 2. The number of pyridine rings is 1. The fourth-order valence-electron chi connectivity index (χ4n) is 3.45. The number of rotatable bonds is 4. The monoisotopic (exact) mass is 343 g/mol. The third-order valence-corrected chi connectivity index (χ3v) is 4.77. The molecule has 0 bridgehead atoms. The van der Waals surface area contributed by atoms with E-state index in [1.165, 1.54) is 5.56 Å². The van der Waals surface area contributed by atoms with Crippen LogP contribution < -0.4 is 5.32 Å². The van der Waals surface area contributed by atoms with Crippen molar-refractivity contribution in [2.24, 2.45) is 0 Å². The van der Waals surface area contributed by atoms with Gasteiger partial charge in [0, 0.05) is 18.4 Å². The highest BCUT2D eigenvalue weighted by Crippen LogP contribution is 2.34. The molecule has 1 atom stereocenters. The molecule has 1 amide bonds. The van der Waals surface area contributed by atoms with Gasteiger partial charge in [-0.05, 0) is 43.2 Å². The zero-order valence-corrected chi connectivity index (χ0v) is 14.9. The van der Waals surface area contributed by atoms with Crippen LogP contribution in [-0.4, -0.2) is 15.8 Å². The van der Waals surface area contributed by atoms with Gasteiger partial charge in [0.2, 0.25) is 0 Å². The van der Waals surface area contributed by atoms with Crippen molar-refractivity contribution in [3.63, 3.8) is 0 Å². The summed E-state index contributed by atoms with van der Waals surface area (Å²) in [5.41, 5.74) is 5.95. The number of carbonyl (C=O) groups excluding carboxylic acids is 1. The molecule has 0 spiro atoms. The Morgan fingerprint density at radius 1 is 1.04 bits per heavy atom. The van der Waals surface area contributed by atoms with Crippen LogP contribution in [0.5, 0.6) is 0 Å². The minimum absolute atomic E-state index is 0.0132. The third-order valence-electron chi connectivity index (χ3n) is 4.77. The topological polar surface area (TPSA) is 45.2 Å². The molecule has 4 nitrogen and oxygen atoms in total. The number of hydrogen-bond acceptors (Lipinski definition) is 3. The average molecular weight is 343 g/mol. The van der Waals surface area contributed by atoms with Gasteiger partial charge in [-0.15, -0.1) is 0 Å². The van der Waals surface area contributed by atoms with Crippen molar-refractivity contribution in [3.05, 3.63) is 94.8 Å². The Kier molecular flexibility index (Phi) is 4.17. The molecule has 2 aromatic carbocycles. The normalized spacial score (nSPS) is 15.8. The molecule has 1 N–H and O–H groups in total. The molecule has 3 aromatic rings. The molecule has 4 heteroatoms. The number of nitrogens with one attached hydrogen (secondary N) is 1. The Morgan fingerprint density at radius 3 is 2.62 bits per heavy atom. The van der Waals surface area contributed by atoms with Gasteiger partial charge in [-0.1, -0.05) is 48.0 Å². The van der Waals surface area contributed by atoms with Gasteiger partial charge in [0.15, 0.2) is 0 Å². The minimum atomic E-state index is -0.277. The molecule has 1 aromatic heterocycles. The molecule has 0 saturated heterocycles. The second-order valence-electron chi connectivity index (χ2n) is 6.72. The summed E-state index contributed by atoms with van der Waals surface area (Å²) in [6, 6.07) is 20.0. The molecule has 4 rings (SSSR count). The van der Waals surface area contributed by atoms with Gasteiger partial charge in [0.1, 0.15) is 6.17 Å². The van der Waals surface area contributed by atoms with E-state index >= 15 is 0 Å². The van der Waals surface area contributed by atoms with Crippen molar-refractivity contribution in [2.75, 3.05) is 5.32 Å². The SMILES string of the molecule is Cc1ccc(NC2c3ncccc3C(=O)N2Cc2ccccc2)c(C)c1. The third kappa shape index (κ3) is 2.94. The van der Waals surface area contributed by atoms with Crippen molar-refractivity contribution in [2.45, 2.75) is 26.6 Å². The van der Waals surface area contributed by atoms with Crippen LogP contribution >= 0.6 is 0 Å². The Hall–Kier alpha value is -3.14. The number of carbonyl (C=O) groups is 1. The summed E-state index contributed by atoms with van der Waals surface area (Å²) in [5, 5.41) is 3.54. The van der Waals surface area contributed by atoms with Gasteiger partial charge in [0.25, 0.3) is 5.91 Å². The summed E-state index contributed by atoms with van der Waals surface area (Å²) < 4.78 is 0. The predicted molar refractivity (Wildman–Crippen MR) is 103 cm³/mol. The first-order chi connectivity index (χ1) is 12.6. The van der Waals surface area contributed by atoms with Crippen molar-refractivity contribution in [3.8, 4) is 0 Å². The van der Waals surface area contributed by atoms with Crippen LogP contribution in [0.1, 0.15) is 38.9 Å². The molecule has 130 valence electrons. The van der Waals surface area contributed by atoms with Gasteiger partial charge < -0.3 is 10.2 Å². The molecular formula is C22H21N3O. The zero-order chi connectivity index (χ0) is 18.1. The van der Waals surface area contributed by atoms with Crippen molar-refractivity contribution in [1.29, 1.82) is 0 Å². The lowest BCUT2D eigenvalue weighted by Crippen LogP contribution is -2.32.